The fourth-order valence-corrected chi connectivity index (χ4v) is 5.94. The number of alkyl carbamates (subject to hydrolysis) is 1. The number of benzene rings is 4. The fraction of sp³-hybridized carbons (Fsp3) is 0.188. The SMILES string of the molecule is O=C(NCCC[C@H](NS(=O)(=O)c1ccc([N+](=O)[O-])cc1Cc1ccc(-c2ccccc2)cc1)C(=O)O)OCc1ccccc1. The summed E-state index contributed by atoms with van der Waals surface area (Å²) in [5, 5.41) is 23.7. The lowest BCUT2D eigenvalue weighted by Crippen LogP contribution is -2.41. The molecule has 0 saturated carbocycles. The Kier molecular flexibility index (Phi) is 10.8. The minimum absolute atomic E-state index is 0.0553. The van der Waals surface area contributed by atoms with E-state index in [4.69, 9.17) is 4.74 Å². The molecule has 1 atom stereocenters. The summed E-state index contributed by atoms with van der Waals surface area (Å²) in [6, 6.07) is 27.9. The van der Waals surface area contributed by atoms with Crippen LogP contribution in [0.25, 0.3) is 11.1 Å². The molecule has 0 radical (unpaired) electrons. The second-order valence-corrected chi connectivity index (χ2v) is 11.6. The number of carbonyl (C=O) groups is 2. The van der Waals surface area contributed by atoms with Gasteiger partial charge in [-0.3, -0.25) is 14.9 Å². The smallest absolute Gasteiger partial charge is 0.407 e. The number of hydrogen-bond acceptors (Lipinski definition) is 7. The van der Waals surface area contributed by atoms with E-state index in [1.807, 2.05) is 72.8 Å². The van der Waals surface area contributed by atoms with E-state index in [1.54, 1.807) is 12.1 Å². The van der Waals surface area contributed by atoms with Crippen molar-refractivity contribution in [2.75, 3.05) is 6.54 Å². The van der Waals surface area contributed by atoms with E-state index in [0.717, 1.165) is 28.8 Å². The summed E-state index contributed by atoms with van der Waals surface area (Å²) in [5.74, 6) is -1.40. The van der Waals surface area contributed by atoms with Crippen LogP contribution in [0.3, 0.4) is 0 Å². The van der Waals surface area contributed by atoms with Crippen LogP contribution in [0.2, 0.25) is 0 Å². The molecule has 4 aromatic rings. The number of amides is 1. The van der Waals surface area contributed by atoms with Gasteiger partial charge in [-0.05, 0) is 53.1 Å². The number of ether oxygens (including phenoxy) is 1. The van der Waals surface area contributed by atoms with E-state index in [1.165, 1.54) is 6.07 Å². The molecule has 0 aliphatic heterocycles. The Morgan fingerprint density at radius 2 is 1.50 bits per heavy atom. The van der Waals surface area contributed by atoms with Gasteiger partial charge in [0.15, 0.2) is 0 Å². The molecule has 1 amide bonds. The number of carboxylic acids is 1. The fourth-order valence-electron chi connectivity index (χ4n) is 4.50. The normalized spacial score (nSPS) is 11.8. The summed E-state index contributed by atoms with van der Waals surface area (Å²) >= 11 is 0. The van der Waals surface area contributed by atoms with E-state index in [9.17, 15) is 33.2 Å². The summed E-state index contributed by atoms with van der Waals surface area (Å²) < 4.78 is 34.1. The first-order valence-electron chi connectivity index (χ1n) is 13.7. The zero-order chi connectivity index (χ0) is 31.5. The molecule has 0 heterocycles. The Morgan fingerprint density at radius 3 is 2.14 bits per heavy atom. The second kappa shape index (κ2) is 14.9. The summed E-state index contributed by atoms with van der Waals surface area (Å²) in [5.41, 5.74) is 3.32. The average molecular weight is 618 g/mol. The number of nitrogens with zero attached hydrogens (tertiary/aromatic N) is 1. The molecular weight excluding hydrogens is 586 g/mol. The lowest BCUT2D eigenvalue weighted by atomic mass is 10.00. The van der Waals surface area contributed by atoms with Gasteiger partial charge >= 0.3 is 12.1 Å². The van der Waals surface area contributed by atoms with Crippen LogP contribution in [0, 0.1) is 10.1 Å². The Morgan fingerprint density at radius 1 is 0.864 bits per heavy atom. The van der Waals surface area contributed by atoms with Crippen LogP contribution in [0.5, 0.6) is 0 Å². The van der Waals surface area contributed by atoms with Gasteiger partial charge in [0.05, 0.1) is 9.82 Å². The molecule has 0 aliphatic carbocycles. The number of hydrogen-bond donors (Lipinski definition) is 3. The molecule has 4 aromatic carbocycles. The number of nitrogens with one attached hydrogen (secondary N) is 2. The number of non-ortho nitro benzene ring substituents is 1. The first-order chi connectivity index (χ1) is 21.1. The van der Waals surface area contributed by atoms with Crippen LogP contribution in [-0.2, 0) is 32.6 Å². The Balaban J connectivity index is 1.42. The summed E-state index contributed by atoms with van der Waals surface area (Å²) in [6.45, 7) is 0.125. The van der Waals surface area contributed by atoms with Gasteiger partial charge in [0.25, 0.3) is 5.69 Å². The first-order valence-corrected chi connectivity index (χ1v) is 15.2. The highest BCUT2D eigenvalue weighted by Gasteiger charge is 2.28. The number of aliphatic carboxylic acids is 1. The van der Waals surface area contributed by atoms with Crippen molar-refractivity contribution in [1.82, 2.24) is 10.0 Å². The van der Waals surface area contributed by atoms with Gasteiger partial charge in [-0.25, -0.2) is 13.2 Å². The standard InChI is InChI=1S/C32H31N3O8S/c36-31(37)29(12-7-19-33-32(38)43-22-24-8-3-1-4-9-24)34-44(41,42)30-18-17-28(35(39)40)21-27(30)20-23-13-15-26(16-14-23)25-10-5-2-6-11-25/h1-6,8-11,13-18,21,29,34H,7,12,19-20,22H2,(H,33,38)(H,36,37)/t29-/m0/s1. The predicted molar refractivity (Wildman–Crippen MR) is 163 cm³/mol. The van der Waals surface area contributed by atoms with Crippen molar-refractivity contribution in [2.24, 2.45) is 0 Å². The maximum atomic E-state index is 13.4. The van der Waals surface area contributed by atoms with Gasteiger partial charge in [-0.2, -0.15) is 4.72 Å². The van der Waals surface area contributed by atoms with E-state index in [2.05, 4.69) is 10.0 Å². The molecule has 0 aromatic heterocycles. The van der Waals surface area contributed by atoms with Crippen molar-refractivity contribution in [1.29, 1.82) is 0 Å². The highest BCUT2D eigenvalue weighted by atomic mass is 32.2. The lowest BCUT2D eigenvalue weighted by Gasteiger charge is -2.17. The molecule has 0 fully saturated rings. The number of nitro groups is 1. The van der Waals surface area contributed by atoms with Crippen LogP contribution < -0.4 is 10.0 Å². The van der Waals surface area contributed by atoms with Crippen LogP contribution in [0.1, 0.15) is 29.5 Å². The van der Waals surface area contributed by atoms with E-state index < -0.39 is 33.1 Å². The van der Waals surface area contributed by atoms with Gasteiger partial charge in [-0.1, -0.05) is 84.9 Å². The lowest BCUT2D eigenvalue weighted by molar-refractivity contribution is -0.385. The second-order valence-electron chi connectivity index (χ2n) is 9.93. The van der Waals surface area contributed by atoms with E-state index in [0.29, 0.717) is 5.56 Å². The van der Waals surface area contributed by atoms with Crippen molar-refractivity contribution < 1.29 is 32.8 Å². The average Bonchev–Trinajstić information content (AvgIpc) is 3.02. The maximum Gasteiger partial charge on any atom is 0.407 e. The number of nitro benzene ring substituents is 1. The maximum absolute atomic E-state index is 13.4. The molecule has 0 bridgehead atoms. The molecule has 228 valence electrons. The van der Waals surface area contributed by atoms with Crippen molar-refractivity contribution in [3.8, 4) is 11.1 Å². The highest BCUT2D eigenvalue weighted by molar-refractivity contribution is 7.89. The number of carboxylic acid groups (broad SMARTS) is 1. The number of rotatable bonds is 14. The molecule has 0 unspecified atom stereocenters. The number of sulfonamides is 1. The van der Waals surface area contributed by atoms with Crippen LogP contribution in [0.4, 0.5) is 10.5 Å². The molecule has 4 rings (SSSR count). The molecule has 12 heteroatoms. The zero-order valence-electron chi connectivity index (χ0n) is 23.6. The third kappa shape index (κ3) is 8.96. The highest BCUT2D eigenvalue weighted by Crippen LogP contribution is 2.26. The van der Waals surface area contributed by atoms with E-state index >= 15 is 0 Å². The topological polar surface area (TPSA) is 165 Å². The molecule has 44 heavy (non-hydrogen) atoms. The van der Waals surface area contributed by atoms with Crippen LogP contribution in [-0.4, -0.2) is 43.1 Å². The monoisotopic (exact) mass is 617 g/mol. The largest absolute Gasteiger partial charge is 0.480 e. The molecule has 3 N–H and O–H groups in total. The summed E-state index contributed by atoms with van der Waals surface area (Å²) in [7, 11) is -4.41. The summed E-state index contributed by atoms with van der Waals surface area (Å²) in [4.78, 5) is 34.5. The van der Waals surface area contributed by atoms with Crippen LogP contribution in [0.15, 0.2) is 108 Å². The van der Waals surface area contributed by atoms with Gasteiger partial charge in [0.2, 0.25) is 10.0 Å². The third-order valence-electron chi connectivity index (χ3n) is 6.75. The number of carbonyl (C=O) groups excluding carboxylic acids is 1. The quantitative estimate of drug-likeness (QED) is 0.0975. The van der Waals surface area contributed by atoms with Crippen molar-refractivity contribution in [2.45, 2.75) is 36.8 Å². The Bertz CT molecular complexity index is 1700. The third-order valence-corrected chi connectivity index (χ3v) is 8.32. The minimum atomic E-state index is -4.41. The Labute approximate surface area is 254 Å². The Hall–Kier alpha value is -5.07. The minimum Gasteiger partial charge on any atom is -0.480 e. The molecular formula is C32H31N3O8S. The van der Waals surface area contributed by atoms with Crippen molar-refractivity contribution in [3.63, 3.8) is 0 Å². The van der Waals surface area contributed by atoms with Gasteiger partial charge in [0.1, 0.15) is 12.6 Å². The van der Waals surface area contributed by atoms with Crippen molar-refractivity contribution in [3.05, 3.63) is 130 Å². The van der Waals surface area contributed by atoms with Gasteiger partial charge in [-0.15, -0.1) is 0 Å². The first kappa shape index (κ1) is 31.9. The zero-order valence-corrected chi connectivity index (χ0v) is 24.4. The molecule has 11 nitrogen and oxygen atoms in total. The molecule has 0 aliphatic rings. The van der Waals surface area contributed by atoms with E-state index in [-0.39, 0.29) is 48.6 Å². The van der Waals surface area contributed by atoms with Crippen molar-refractivity contribution >= 4 is 27.8 Å². The molecule has 0 spiro atoms. The summed E-state index contributed by atoms with van der Waals surface area (Å²) in [6.07, 6.45) is -0.620. The molecule has 0 saturated heterocycles. The van der Waals surface area contributed by atoms with Gasteiger partial charge in [0, 0.05) is 18.7 Å². The predicted octanol–water partition coefficient (Wildman–Crippen LogP) is 5.29. The van der Waals surface area contributed by atoms with Gasteiger partial charge < -0.3 is 15.2 Å². The van der Waals surface area contributed by atoms with Crippen LogP contribution >= 0.6 is 0 Å².